The Labute approximate surface area is 104 Å². The topological polar surface area (TPSA) is 39.7 Å². The van der Waals surface area contributed by atoms with Crippen LogP contribution in [0.1, 0.15) is 18.9 Å². The van der Waals surface area contributed by atoms with Gasteiger partial charge in [-0.05, 0) is 18.1 Å². The Morgan fingerprint density at radius 3 is 2.18 bits per heavy atom. The largest absolute Gasteiger partial charge is 0.630 e. The van der Waals surface area contributed by atoms with Crippen LogP contribution in [-0.4, -0.2) is 30.3 Å². The fourth-order valence-electron chi connectivity index (χ4n) is 1.70. The maximum absolute atomic E-state index is 5.36. The zero-order valence-corrected chi connectivity index (χ0v) is 11.9. The summed E-state index contributed by atoms with van der Waals surface area (Å²) in [6.45, 7) is 2.16. The van der Waals surface area contributed by atoms with Gasteiger partial charge in [-0.15, -0.1) is 0 Å². The number of para-hydroxylation sites is 1. The second kappa shape index (κ2) is 6.76. The molecule has 5 heteroatoms. The first-order valence-electron chi connectivity index (χ1n) is 5.73. The molecule has 0 aliphatic carbocycles. The SMILES string of the molecule is CCCc1ccccc1N[Si](OC)(OC)OC. The Bertz CT molecular complexity index is 334. The number of hydrogen-bond acceptors (Lipinski definition) is 4. The van der Waals surface area contributed by atoms with E-state index in [4.69, 9.17) is 13.3 Å². The molecule has 0 heterocycles. The van der Waals surface area contributed by atoms with Crippen molar-refractivity contribution in [3.63, 3.8) is 0 Å². The van der Waals surface area contributed by atoms with E-state index in [2.05, 4.69) is 18.0 Å². The highest BCUT2D eigenvalue weighted by molar-refractivity contribution is 6.64. The van der Waals surface area contributed by atoms with Gasteiger partial charge in [0.2, 0.25) is 0 Å². The molecule has 0 aliphatic heterocycles. The molecule has 0 atom stereocenters. The highest BCUT2D eigenvalue weighted by Gasteiger charge is 2.40. The molecule has 96 valence electrons. The summed E-state index contributed by atoms with van der Waals surface area (Å²) >= 11 is 0. The first-order valence-corrected chi connectivity index (χ1v) is 7.45. The molecule has 0 spiro atoms. The molecule has 1 rings (SSSR count). The molecule has 0 bridgehead atoms. The molecular weight excluding hydrogens is 234 g/mol. The lowest BCUT2D eigenvalue weighted by atomic mass is 10.1. The molecule has 0 amide bonds. The molecule has 17 heavy (non-hydrogen) atoms. The Morgan fingerprint density at radius 1 is 1.06 bits per heavy atom. The minimum atomic E-state index is -2.77. The van der Waals surface area contributed by atoms with Crippen molar-refractivity contribution in [3.05, 3.63) is 29.8 Å². The second-order valence-corrected chi connectivity index (χ2v) is 6.29. The molecule has 0 saturated heterocycles. The average molecular weight is 255 g/mol. The van der Waals surface area contributed by atoms with Gasteiger partial charge in [0.1, 0.15) is 0 Å². The van der Waals surface area contributed by atoms with Gasteiger partial charge in [0.15, 0.2) is 0 Å². The van der Waals surface area contributed by atoms with Crippen molar-refractivity contribution in [1.29, 1.82) is 0 Å². The molecule has 1 aromatic rings. The summed E-state index contributed by atoms with van der Waals surface area (Å²) in [7, 11) is 2.01. The van der Waals surface area contributed by atoms with E-state index in [-0.39, 0.29) is 0 Å². The number of anilines is 1. The van der Waals surface area contributed by atoms with Gasteiger partial charge in [-0.25, -0.2) is 0 Å². The third kappa shape index (κ3) is 3.54. The van der Waals surface area contributed by atoms with Crippen LogP contribution in [0.5, 0.6) is 0 Å². The van der Waals surface area contributed by atoms with E-state index < -0.39 is 8.97 Å². The normalized spacial score (nSPS) is 11.5. The molecular formula is C12H21NO3Si. The zero-order chi connectivity index (χ0) is 12.7. The Hall–Kier alpha value is -0.883. The highest BCUT2D eigenvalue weighted by Crippen LogP contribution is 2.20. The molecule has 4 nitrogen and oxygen atoms in total. The Balaban J connectivity index is 2.92. The predicted octanol–water partition coefficient (Wildman–Crippen LogP) is 2.43. The van der Waals surface area contributed by atoms with E-state index in [1.807, 2.05) is 18.2 Å². The number of nitrogens with one attached hydrogen (secondary N) is 1. The van der Waals surface area contributed by atoms with Gasteiger partial charge in [-0.2, -0.15) is 0 Å². The average Bonchev–Trinajstić information content (AvgIpc) is 2.38. The maximum atomic E-state index is 5.36. The first-order chi connectivity index (χ1) is 8.21. The summed E-state index contributed by atoms with van der Waals surface area (Å²) in [6, 6.07) is 8.14. The van der Waals surface area contributed by atoms with Crippen LogP contribution in [0.4, 0.5) is 5.69 Å². The molecule has 1 aromatic carbocycles. The molecule has 0 aliphatic rings. The van der Waals surface area contributed by atoms with Crippen molar-refractivity contribution < 1.29 is 13.3 Å². The zero-order valence-electron chi connectivity index (χ0n) is 10.9. The van der Waals surface area contributed by atoms with Crippen molar-refractivity contribution in [2.45, 2.75) is 19.8 Å². The van der Waals surface area contributed by atoms with Crippen molar-refractivity contribution in [1.82, 2.24) is 0 Å². The van der Waals surface area contributed by atoms with Crippen LogP contribution < -0.4 is 4.98 Å². The van der Waals surface area contributed by atoms with Gasteiger partial charge in [0, 0.05) is 27.0 Å². The van der Waals surface area contributed by atoms with E-state index >= 15 is 0 Å². The monoisotopic (exact) mass is 255 g/mol. The minimum Gasteiger partial charge on any atom is -0.360 e. The van der Waals surface area contributed by atoms with Crippen molar-refractivity contribution in [2.24, 2.45) is 0 Å². The molecule has 0 saturated carbocycles. The lowest BCUT2D eigenvalue weighted by Crippen LogP contribution is -2.51. The van der Waals surface area contributed by atoms with Crippen LogP contribution in [0.15, 0.2) is 24.3 Å². The van der Waals surface area contributed by atoms with E-state index in [1.54, 1.807) is 21.3 Å². The van der Waals surface area contributed by atoms with Crippen LogP contribution in [0.25, 0.3) is 0 Å². The molecule has 0 radical (unpaired) electrons. The lowest BCUT2D eigenvalue weighted by Gasteiger charge is -2.26. The smallest absolute Gasteiger partial charge is 0.360 e. The Morgan fingerprint density at radius 2 is 1.65 bits per heavy atom. The minimum absolute atomic E-state index is 1.02. The standard InChI is InChI=1S/C12H21NO3Si/c1-5-8-11-9-6-7-10-12(11)13-17(14-2,15-3)16-4/h6-7,9-10,13H,5,8H2,1-4H3. The first kappa shape index (κ1) is 14.2. The molecule has 0 fully saturated rings. The number of aryl methyl sites for hydroxylation is 1. The number of rotatable bonds is 7. The third-order valence-electron chi connectivity index (χ3n) is 2.63. The highest BCUT2D eigenvalue weighted by atomic mass is 28.4. The second-order valence-electron chi connectivity index (χ2n) is 3.70. The van der Waals surface area contributed by atoms with Crippen LogP contribution >= 0.6 is 0 Å². The summed E-state index contributed by atoms with van der Waals surface area (Å²) in [5.74, 6) is 0. The quantitative estimate of drug-likeness (QED) is 0.760. The van der Waals surface area contributed by atoms with Crippen LogP contribution in [0, 0.1) is 0 Å². The fourth-order valence-corrected chi connectivity index (χ4v) is 3.08. The molecule has 1 N–H and O–H groups in total. The van der Waals surface area contributed by atoms with E-state index in [0.717, 1.165) is 18.5 Å². The van der Waals surface area contributed by atoms with Gasteiger partial charge in [0.25, 0.3) is 0 Å². The van der Waals surface area contributed by atoms with E-state index in [1.165, 1.54) is 5.56 Å². The van der Waals surface area contributed by atoms with Gasteiger partial charge >= 0.3 is 8.97 Å². The maximum Gasteiger partial charge on any atom is 0.630 e. The van der Waals surface area contributed by atoms with Gasteiger partial charge < -0.3 is 18.3 Å². The Kier molecular flexibility index (Phi) is 5.63. The van der Waals surface area contributed by atoms with Gasteiger partial charge in [-0.3, -0.25) is 0 Å². The molecule has 0 unspecified atom stereocenters. The van der Waals surface area contributed by atoms with Crippen molar-refractivity contribution in [3.8, 4) is 0 Å². The number of hydrogen-bond donors (Lipinski definition) is 1. The number of benzene rings is 1. The molecule has 0 aromatic heterocycles. The third-order valence-corrected chi connectivity index (χ3v) is 4.82. The van der Waals surface area contributed by atoms with E-state index in [9.17, 15) is 0 Å². The van der Waals surface area contributed by atoms with Crippen LogP contribution in [-0.2, 0) is 19.7 Å². The summed E-state index contributed by atoms with van der Waals surface area (Å²) in [5, 5.41) is 0. The summed E-state index contributed by atoms with van der Waals surface area (Å²) in [4.78, 5) is 3.27. The summed E-state index contributed by atoms with van der Waals surface area (Å²) in [6.07, 6.45) is 2.12. The van der Waals surface area contributed by atoms with Gasteiger partial charge in [0.05, 0.1) is 0 Å². The summed E-state index contributed by atoms with van der Waals surface area (Å²) < 4.78 is 16.1. The van der Waals surface area contributed by atoms with Gasteiger partial charge in [-0.1, -0.05) is 31.5 Å². The van der Waals surface area contributed by atoms with Crippen LogP contribution in [0.3, 0.4) is 0 Å². The van der Waals surface area contributed by atoms with Crippen molar-refractivity contribution in [2.75, 3.05) is 26.3 Å². The van der Waals surface area contributed by atoms with Crippen molar-refractivity contribution >= 4 is 14.7 Å². The predicted molar refractivity (Wildman–Crippen MR) is 70.8 cm³/mol. The lowest BCUT2D eigenvalue weighted by molar-refractivity contribution is 0.132. The van der Waals surface area contributed by atoms with Crippen LogP contribution in [0.2, 0.25) is 0 Å². The van der Waals surface area contributed by atoms with E-state index in [0.29, 0.717) is 0 Å². The summed E-state index contributed by atoms with van der Waals surface area (Å²) in [5.41, 5.74) is 2.27. The fraction of sp³-hybridized carbons (Fsp3) is 0.500.